The summed E-state index contributed by atoms with van der Waals surface area (Å²) in [5.74, 6) is -1.23. The molecule has 1 aromatic carbocycles. The number of rotatable bonds is 5. The molecular weight excluding hydrogens is 401 g/mol. The number of aromatic hydroxyl groups is 1. The Morgan fingerprint density at radius 3 is 2.73 bits per heavy atom. The molecule has 1 rings (SSSR count). The molecule has 0 heterocycles. The molecule has 22 heavy (non-hydrogen) atoms. The summed E-state index contributed by atoms with van der Waals surface area (Å²) in [5, 5.41) is 16.0. The fraction of sp³-hybridized carbons (Fsp3) is 0.357. The van der Waals surface area contributed by atoms with E-state index in [0.29, 0.717) is 14.9 Å². The maximum Gasteiger partial charge on any atom is 0.329 e. The van der Waals surface area contributed by atoms with Gasteiger partial charge in [-0.2, -0.15) is 5.10 Å². The van der Waals surface area contributed by atoms with Gasteiger partial charge in [0.05, 0.1) is 16.9 Å². The van der Waals surface area contributed by atoms with E-state index in [2.05, 4.69) is 15.8 Å². The number of methoxy groups -OCH3 is 1. The number of amides is 2. The van der Waals surface area contributed by atoms with Gasteiger partial charge in [-0.1, -0.05) is 6.92 Å². The third kappa shape index (κ3) is 5.17. The molecule has 1 aromatic rings. The molecule has 0 bridgehead atoms. The highest BCUT2D eigenvalue weighted by Gasteiger charge is 2.14. The van der Waals surface area contributed by atoms with Crippen molar-refractivity contribution < 1.29 is 19.4 Å². The van der Waals surface area contributed by atoms with Gasteiger partial charge in [-0.15, -0.1) is 0 Å². The number of hydrogen-bond acceptors (Lipinski definition) is 5. The number of phenols is 1. The zero-order valence-corrected chi connectivity index (χ0v) is 14.7. The fourth-order valence-corrected chi connectivity index (χ4v) is 2.06. The first-order valence-electron chi connectivity index (χ1n) is 6.59. The second-order valence-electron chi connectivity index (χ2n) is 4.54. The predicted molar refractivity (Wildman–Crippen MR) is 91.0 cm³/mol. The molecule has 120 valence electrons. The van der Waals surface area contributed by atoms with Crippen molar-refractivity contribution >= 4 is 40.6 Å². The van der Waals surface area contributed by atoms with Gasteiger partial charge in [-0.3, -0.25) is 9.59 Å². The van der Waals surface area contributed by atoms with Crippen molar-refractivity contribution in [2.45, 2.75) is 26.3 Å². The first kappa shape index (κ1) is 18.2. The van der Waals surface area contributed by atoms with Crippen molar-refractivity contribution in [2.75, 3.05) is 7.11 Å². The van der Waals surface area contributed by atoms with Crippen LogP contribution in [0.25, 0.3) is 0 Å². The number of carbonyl (C=O) groups is 2. The number of halogens is 1. The predicted octanol–water partition coefficient (Wildman–Crippen LogP) is 1.37. The van der Waals surface area contributed by atoms with Gasteiger partial charge in [-0.05, 0) is 53.6 Å². The van der Waals surface area contributed by atoms with E-state index in [1.54, 1.807) is 19.1 Å². The summed E-state index contributed by atoms with van der Waals surface area (Å²) in [6.45, 7) is 3.71. The summed E-state index contributed by atoms with van der Waals surface area (Å²) in [6, 6.07) is 3.14. The summed E-state index contributed by atoms with van der Waals surface area (Å²) < 4.78 is 5.60. The largest absolute Gasteiger partial charge is 0.504 e. The highest BCUT2D eigenvalue weighted by atomic mass is 127. The zero-order chi connectivity index (χ0) is 16.7. The molecule has 0 fully saturated rings. The van der Waals surface area contributed by atoms with Crippen LogP contribution in [0.2, 0.25) is 0 Å². The molecule has 0 spiro atoms. The van der Waals surface area contributed by atoms with Crippen LogP contribution < -0.4 is 15.5 Å². The van der Waals surface area contributed by atoms with E-state index in [0.717, 1.165) is 6.42 Å². The average molecular weight is 419 g/mol. The lowest BCUT2D eigenvalue weighted by atomic mass is 10.2. The average Bonchev–Trinajstić information content (AvgIpc) is 2.50. The maximum atomic E-state index is 11.5. The van der Waals surface area contributed by atoms with Crippen molar-refractivity contribution in [1.29, 1.82) is 0 Å². The Labute approximate surface area is 142 Å². The van der Waals surface area contributed by atoms with Gasteiger partial charge < -0.3 is 15.2 Å². The van der Waals surface area contributed by atoms with Crippen LogP contribution in [0.4, 0.5) is 0 Å². The van der Waals surface area contributed by atoms with Gasteiger partial charge in [0.2, 0.25) is 0 Å². The SMILES string of the molecule is CC[C@H](C)NC(=O)C(=O)N/N=C\c1cc(I)c(O)c(OC)c1. The van der Waals surface area contributed by atoms with E-state index in [1.165, 1.54) is 13.3 Å². The third-order valence-electron chi connectivity index (χ3n) is 2.85. The molecule has 1 atom stereocenters. The lowest BCUT2D eigenvalue weighted by Gasteiger charge is -2.09. The Morgan fingerprint density at radius 2 is 2.14 bits per heavy atom. The van der Waals surface area contributed by atoms with Gasteiger partial charge in [0.15, 0.2) is 11.5 Å². The van der Waals surface area contributed by atoms with Gasteiger partial charge >= 0.3 is 11.8 Å². The Kier molecular flexibility index (Phi) is 7.09. The van der Waals surface area contributed by atoms with Crippen molar-refractivity contribution in [3.8, 4) is 11.5 Å². The van der Waals surface area contributed by atoms with Crippen LogP contribution in [0.15, 0.2) is 17.2 Å². The second-order valence-corrected chi connectivity index (χ2v) is 5.70. The Morgan fingerprint density at radius 1 is 1.45 bits per heavy atom. The number of nitrogens with zero attached hydrogens (tertiary/aromatic N) is 1. The van der Waals surface area contributed by atoms with E-state index in [1.807, 2.05) is 29.5 Å². The van der Waals surface area contributed by atoms with E-state index in [4.69, 9.17) is 4.74 Å². The minimum Gasteiger partial charge on any atom is -0.504 e. The summed E-state index contributed by atoms with van der Waals surface area (Å²) in [4.78, 5) is 23.0. The molecule has 7 nitrogen and oxygen atoms in total. The molecule has 0 aliphatic rings. The number of nitrogens with one attached hydrogen (secondary N) is 2. The molecule has 8 heteroatoms. The molecule has 0 radical (unpaired) electrons. The fourth-order valence-electron chi connectivity index (χ4n) is 1.43. The number of carbonyl (C=O) groups excluding carboxylic acids is 2. The molecule has 0 unspecified atom stereocenters. The second kappa shape index (κ2) is 8.57. The Bertz CT molecular complexity index is 590. The van der Waals surface area contributed by atoms with E-state index in [-0.39, 0.29) is 11.8 Å². The minimum absolute atomic E-state index is 0.0391. The van der Waals surface area contributed by atoms with Crippen LogP contribution in [0.1, 0.15) is 25.8 Å². The monoisotopic (exact) mass is 419 g/mol. The highest BCUT2D eigenvalue weighted by molar-refractivity contribution is 14.1. The number of benzene rings is 1. The van der Waals surface area contributed by atoms with Crippen molar-refractivity contribution in [1.82, 2.24) is 10.7 Å². The lowest BCUT2D eigenvalue weighted by molar-refractivity contribution is -0.139. The highest BCUT2D eigenvalue weighted by Crippen LogP contribution is 2.31. The molecule has 2 amide bonds. The Hall–Kier alpha value is -1.84. The molecule has 0 aliphatic heterocycles. The van der Waals surface area contributed by atoms with Crippen LogP contribution >= 0.6 is 22.6 Å². The molecule has 0 saturated carbocycles. The zero-order valence-electron chi connectivity index (χ0n) is 12.5. The lowest BCUT2D eigenvalue weighted by Crippen LogP contribution is -2.41. The van der Waals surface area contributed by atoms with Crippen LogP contribution in [0, 0.1) is 3.57 Å². The molecule has 0 saturated heterocycles. The number of ether oxygens (including phenoxy) is 1. The van der Waals surface area contributed by atoms with Crippen LogP contribution in [-0.2, 0) is 9.59 Å². The van der Waals surface area contributed by atoms with Gasteiger partial charge in [0.1, 0.15) is 0 Å². The summed E-state index contributed by atoms with van der Waals surface area (Å²) in [5.41, 5.74) is 2.76. The Balaban J connectivity index is 2.68. The number of hydrogen-bond donors (Lipinski definition) is 3. The summed E-state index contributed by atoms with van der Waals surface area (Å²) in [7, 11) is 1.44. The molecule has 0 aliphatic carbocycles. The number of hydrazone groups is 1. The number of phenolic OH excluding ortho intramolecular Hbond substituents is 1. The smallest absolute Gasteiger partial charge is 0.329 e. The third-order valence-corrected chi connectivity index (χ3v) is 3.67. The normalized spacial score (nSPS) is 12.0. The summed E-state index contributed by atoms with van der Waals surface area (Å²) in [6.07, 6.45) is 2.09. The van der Waals surface area contributed by atoms with Crippen molar-refractivity contribution in [3.63, 3.8) is 0 Å². The summed E-state index contributed by atoms with van der Waals surface area (Å²) >= 11 is 1.95. The van der Waals surface area contributed by atoms with E-state index in [9.17, 15) is 14.7 Å². The van der Waals surface area contributed by atoms with Crippen LogP contribution in [-0.4, -0.2) is 36.3 Å². The van der Waals surface area contributed by atoms with E-state index >= 15 is 0 Å². The maximum absolute atomic E-state index is 11.5. The van der Waals surface area contributed by atoms with Gasteiger partial charge in [0.25, 0.3) is 0 Å². The molecule has 3 N–H and O–H groups in total. The minimum atomic E-state index is -0.836. The molecular formula is C14H18IN3O4. The van der Waals surface area contributed by atoms with Crippen molar-refractivity contribution in [3.05, 3.63) is 21.3 Å². The topological polar surface area (TPSA) is 100 Å². The quantitative estimate of drug-likeness (QED) is 0.291. The van der Waals surface area contributed by atoms with Gasteiger partial charge in [0, 0.05) is 6.04 Å². The molecule has 0 aromatic heterocycles. The van der Waals surface area contributed by atoms with Crippen LogP contribution in [0.3, 0.4) is 0 Å². The first-order valence-corrected chi connectivity index (χ1v) is 7.67. The van der Waals surface area contributed by atoms with E-state index < -0.39 is 11.8 Å². The standard InChI is InChI=1S/C14H18IN3O4/c1-4-8(2)17-13(20)14(21)18-16-7-9-5-10(15)12(19)11(6-9)22-3/h5-8,19H,4H2,1-3H3,(H,17,20)(H,18,21)/b16-7-/t8-/m0/s1. The van der Waals surface area contributed by atoms with Crippen LogP contribution in [0.5, 0.6) is 11.5 Å². The van der Waals surface area contributed by atoms with Gasteiger partial charge in [-0.25, -0.2) is 5.43 Å². The first-order chi connectivity index (χ1) is 10.4. The van der Waals surface area contributed by atoms with Crippen molar-refractivity contribution in [2.24, 2.45) is 5.10 Å².